The van der Waals surface area contributed by atoms with Crippen LogP contribution in [0, 0.1) is 11.3 Å². The molecule has 0 spiro atoms. The lowest BCUT2D eigenvalue weighted by Gasteiger charge is -2.34. The average molecular weight is 178 g/mol. The molecule has 0 bridgehead atoms. The molecule has 1 saturated carbocycles. The van der Waals surface area contributed by atoms with E-state index in [0.29, 0.717) is 5.92 Å². The van der Waals surface area contributed by atoms with Gasteiger partial charge < -0.3 is 0 Å². The normalized spacial score (nSPS) is 27.4. The molecule has 0 aromatic rings. The fraction of sp³-hybridized carbons (Fsp3) is 0.583. The van der Waals surface area contributed by atoms with E-state index in [1.54, 1.807) is 0 Å². The quantitative estimate of drug-likeness (QED) is 0.469. The molecule has 0 N–H and O–H groups in total. The van der Waals surface area contributed by atoms with Gasteiger partial charge in [-0.3, -0.25) is 4.79 Å². The second-order valence-corrected chi connectivity index (χ2v) is 4.50. The second kappa shape index (κ2) is 3.49. The fourth-order valence-electron chi connectivity index (χ4n) is 1.90. The van der Waals surface area contributed by atoms with Gasteiger partial charge in [-0.15, -0.1) is 6.58 Å². The number of Topliss-reactive ketones (excluding diaryl/α,β-unsaturated/α-hetero) is 1. The summed E-state index contributed by atoms with van der Waals surface area (Å²) >= 11 is 0. The van der Waals surface area contributed by atoms with Gasteiger partial charge in [-0.25, -0.2) is 0 Å². The predicted molar refractivity (Wildman–Crippen MR) is 55.5 cm³/mol. The molecule has 13 heavy (non-hydrogen) atoms. The Kier molecular flexibility index (Phi) is 2.74. The Labute approximate surface area is 80.5 Å². The van der Waals surface area contributed by atoms with Crippen LogP contribution < -0.4 is 0 Å². The fourth-order valence-corrected chi connectivity index (χ4v) is 1.90. The molecular weight excluding hydrogens is 160 g/mol. The Balaban J connectivity index is 2.76. The van der Waals surface area contributed by atoms with Crippen molar-refractivity contribution < 1.29 is 4.79 Å². The molecule has 72 valence electrons. The van der Waals surface area contributed by atoms with Crippen LogP contribution in [-0.2, 0) is 4.79 Å². The molecule has 1 rings (SSSR count). The molecule has 0 saturated heterocycles. The highest BCUT2D eigenvalue weighted by Gasteiger charge is 2.36. The second-order valence-electron chi connectivity index (χ2n) is 4.50. The van der Waals surface area contributed by atoms with Crippen LogP contribution in [0.15, 0.2) is 24.8 Å². The highest BCUT2D eigenvalue weighted by molar-refractivity contribution is 6.00. The summed E-state index contributed by atoms with van der Waals surface area (Å²) in [6.45, 7) is 11.6. The third kappa shape index (κ3) is 1.90. The summed E-state index contributed by atoms with van der Waals surface area (Å²) in [5.74, 6) is 0.587. The first-order chi connectivity index (χ1) is 5.99. The van der Waals surface area contributed by atoms with Crippen LogP contribution in [0.5, 0.6) is 0 Å². The van der Waals surface area contributed by atoms with Crippen molar-refractivity contribution in [2.24, 2.45) is 11.3 Å². The molecule has 0 heterocycles. The first kappa shape index (κ1) is 10.2. The van der Waals surface area contributed by atoms with E-state index in [-0.39, 0.29) is 11.2 Å². The molecule has 1 aliphatic carbocycles. The molecule has 1 unspecified atom stereocenters. The van der Waals surface area contributed by atoms with E-state index < -0.39 is 0 Å². The van der Waals surface area contributed by atoms with Gasteiger partial charge in [0, 0.05) is 5.41 Å². The van der Waals surface area contributed by atoms with Crippen molar-refractivity contribution in [3.63, 3.8) is 0 Å². The van der Waals surface area contributed by atoms with E-state index in [4.69, 9.17) is 0 Å². The van der Waals surface area contributed by atoms with Crippen molar-refractivity contribution >= 4 is 5.78 Å². The third-order valence-corrected chi connectivity index (χ3v) is 2.97. The SMILES string of the molecule is C=CCC1CCC(C)(C)C(=O)C1=C. The van der Waals surface area contributed by atoms with Gasteiger partial charge in [-0.1, -0.05) is 26.5 Å². The van der Waals surface area contributed by atoms with Gasteiger partial charge in [0.05, 0.1) is 0 Å². The van der Waals surface area contributed by atoms with Gasteiger partial charge in [0.2, 0.25) is 0 Å². The number of allylic oxidation sites excluding steroid dienone is 2. The molecule has 0 aromatic heterocycles. The minimum absolute atomic E-state index is 0.186. The summed E-state index contributed by atoms with van der Waals surface area (Å²) in [7, 11) is 0. The summed E-state index contributed by atoms with van der Waals surface area (Å²) in [6, 6.07) is 0. The standard InChI is InChI=1S/C12H18O/c1-5-6-10-7-8-12(3,4)11(13)9(10)2/h5,10H,1-2,6-8H2,3-4H3. The molecule has 1 aliphatic rings. The monoisotopic (exact) mass is 178 g/mol. The molecule has 0 amide bonds. The van der Waals surface area contributed by atoms with Gasteiger partial charge in [0.1, 0.15) is 0 Å². The van der Waals surface area contributed by atoms with Crippen LogP contribution in [0.3, 0.4) is 0 Å². The zero-order valence-electron chi connectivity index (χ0n) is 8.60. The van der Waals surface area contributed by atoms with Crippen molar-refractivity contribution in [3.8, 4) is 0 Å². The predicted octanol–water partition coefficient (Wildman–Crippen LogP) is 3.12. The number of hydrogen-bond acceptors (Lipinski definition) is 1. The molecule has 1 fully saturated rings. The smallest absolute Gasteiger partial charge is 0.164 e. The minimum Gasteiger partial charge on any atom is -0.294 e. The van der Waals surface area contributed by atoms with Crippen LogP contribution >= 0.6 is 0 Å². The van der Waals surface area contributed by atoms with E-state index in [1.165, 1.54) is 0 Å². The summed E-state index contributed by atoms with van der Waals surface area (Å²) in [4.78, 5) is 11.8. The van der Waals surface area contributed by atoms with Crippen LogP contribution in [0.2, 0.25) is 0 Å². The Morgan fingerprint density at radius 3 is 2.77 bits per heavy atom. The number of hydrogen-bond donors (Lipinski definition) is 0. The minimum atomic E-state index is -0.186. The third-order valence-electron chi connectivity index (χ3n) is 2.97. The number of carbonyl (C=O) groups excluding carboxylic acids is 1. The Bertz CT molecular complexity index is 248. The summed E-state index contributed by atoms with van der Waals surface area (Å²) in [5.41, 5.74) is 0.616. The molecule has 1 atom stereocenters. The number of rotatable bonds is 2. The average Bonchev–Trinajstić information content (AvgIpc) is 2.07. The lowest BCUT2D eigenvalue weighted by molar-refractivity contribution is -0.125. The first-order valence-electron chi connectivity index (χ1n) is 4.83. The van der Waals surface area contributed by atoms with E-state index in [1.807, 2.05) is 19.9 Å². The summed E-state index contributed by atoms with van der Waals surface area (Å²) in [6.07, 6.45) is 4.81. The van der Waals surface area contributed by atoms with Crippen molar-refractivity contribution in [2.45, 2.75) is 33.1 Å². The van der Waals surface area contributed by atoms with Crippen LogP contribution in [0.1, 0.15) is 33.1 Å². The highest BCUT2D eigenvalue weighted by Crippen LogP contribution is 2.39. The Morgan fingerprint density at radius 2 is 2.23 bits per heavy atom. The van der Waals surface area contributed by atoms with Crippen molar-refractivity contribution in [3.05, 3.63) is 24.8 Å². The van der Waals surface area contributed by atoms with Crippen molar-refractivity contribution in [1.82, 2.24) is 0 Å². The maximum atomic E-state index is 11.8. The van der Waals surface area contributed by atoms with Crippen molar-refractivity contribution in [1.29, 1.82) is 0 Å². The van der Waals surface area contributed by atoms with Crippen molar-refractivity contribution in [2.75, 3.05) is 0 Å². The highest BCUT2D eigenvalue weighted by atomic mass is 16.1. The lowest BCUT2D eigenvalue weighted by Crippen LogP contribution is -2.33. The molecular formula is C12H18O. The van der Waals surface area contributed by atoms with Gasteiger partial charge in [0.15, 0.2) is 5.78 Å². The Hall–Kier alpha value is -0.850. The molecule has 0 aromatic carbocycles. The largest absolute Gasteiger partial charge is 0.294 e. The summed E-state index contributed by atoms with van der Waals surface area (Å²) < 4.78 is 0. The molecule has 0 radical (unpaired) electrons. The molecule has 1 heteroatoms. The van der Waals surface area contributed by atoms with E-state index in [2.05, 4.69) is 13.2 Å². The Morgan fingerprint density at radius 1 is 1.62 bits per heavy atom. The van der Waals surface area contributed by atoms with E-state index in [0.717, 1.165) is 24.8 Å². The van der Waals surface area contributed by atoms with Crippen LogP contribution in [-0.4, -0.2) is 5.78 Å². The van der Waals surface area contributed by atoms with E-state index >= 15 is 0 Å². The van der Waals surface area contributed by atoms with Gasteiger partial charge in [-0.05, 0) is 30.8 Å². The molecule has 0 aliphatic heterocycles. The van der Waals surface area contributed by atoms with Crippen LogP contribution in [0.4, 0.5) is 0 Å². The van der Waals surface area contributed by atoms with E-state index in [9.17, 15) is 4.79 Å². The number of ketones is 1. The summed E-state index contributed by atoms with van der Waals surface area (Å²) in [5, 5.41) is 0. The lowest BCUT2D eigenvalue weighted by atomic mass is 9.69. The zero-order valence-corrected chi connectivity index (χ0v) is 8.60. The maximum absolute atomic E-state index is 11.8. The van der Waals surface area contributed by atoms with Gasteiger partial charge in [0.25, 0.3) is 0 Å². The zero-order chi connectivity index (χ0) is 10.1. The topological polar surface area (TPSA) is 17.1 Å². The maximum Gasteiger partial charge on any atom is 0.164 e. The van der Waals surface area contributed by atoms with Gasteiger partial charge in [-0.2, -0.15) is 0 Å². The van der Waals surface area contributed by atoms with Gasteiger partial charge >= 0.3 is 0 Å². The molecule has 1 nitrogen and oxygen atoms in total. The first-order valence-corrected chi connectivity index (χ1v) is 4.83. The number of carbonyl (C=O) groups is 1. The van der Waals surface area contributed by atoms with Crippen LogP contribution in [0.25, 0.3) is 0 Å².